The van der Waals surface area contributed by atoms with Gasteiger partial charge in [-0.1, -0.05) is 48.5 Å². The number of rotatable bonds is 6. The van der Waals surface area contributed by atoms with Crippen molar-refractivity contribution < 1.29 is 9.53 Å². The number of aromatic nitrogens is 3. The highest BCUT2D eigenvalue weighted by atomic mass is 16.5. The van der Waals surface area contributed by atoms with Crippen LogP contribution in [0.15, 0.2) is 79.3 Å². The van der Waals surface area contributed by atoms with Crippen LogP contribution in [0.1, 0.15) is 21.5 Å². The topological polar surface area (TPSA) is 68.5 Å². The van der Waals surface area contributed by atoms with E-state index >= 15 is 0 Å². The first-order chi connectivity index (χ1) is 13.3. The Balaban J connectivity index is 1.42. The maximum Gasteiger partial charge on any atom is 0.253 e. The molecule has 6 nitrogen and oxygen atoms in total. The van der Waals surface area contributed by atoms with Crippen LogP contribution in [0, 0.1) is 0 Å². The van der Waals surface area contributed by atoms with E-state index in [1.54, 1.807) is 29.1 Å². The third-order valence-corrected chi connectivity index (χ3v) is 4.20. The van der Waals surface area contributed by atoms with Crippen molar-refractivity contribution in [3.05, 3.63) is 95.9 Å². The van der Waals surface area contributed by atoms with Gasteiger partial charge in [0.1, 0.15) is 18.7 Å². The van der Waals surface area contributed by atoms with Crippen molar-refractivity contribution >= 4 is 11.6 Å². The molecule has 0 saturated carbocycles. The first-order valence-corrected chi connectivity index (χ1v) is 8.62. The Hall–Kier alpha value is -3.67. The number of benzene rings is 2. The number of ether oxygens (including phenoxy) is 1. The Bertz CT molecular complexity index is 1060. The highest BCUT2D eigenvalue weighted by Crippen LogP contribution is 2.19. The Morgan fingerprint density at radius 2 is 1.81 bits per heavy atom. The molecule has 0 fully saturated rings. The molecule has 0 unspecified atom stereocenters. The van der Waals surface area contributed by atoms with Crippen LogP contribution in [-0.2, 0) is 13.2 Å². The SMILES string of the molecule is O=C(NCc1ccccc1OCc1ccccc1)c1ccc2nncn2c1. The summed E-state index contributed by atoms with van der Waals surface area (Å²) in [5.41, 5.74) is 3.27. The number of hydrogen-bond acceptors (Lipinski definition) is 4. The zero-order valence-corrected chi connectivity index (χ0v) is 14.6. The van der Waals surface area contributed by atoms with Gasteiger partial charge in [0.15, 0.2) is 5.65 Å². The van der Waals surface area contributed by atoms with Gasteiger partial charge < -0.3 is 10.1 Å². The van der Waals surface area contributed by atoms with Gasteiger partial charge in [-0.05, 0) is 23.8 Å². The Kier molecular flexibility index (Phi) is 4.78. The van der Waals surface area contributed by atoms with Crippen molar-refractivity contribution in [2.24, 2.45) is 0 Å². The number of pyridine rings is 1. The van der Waals surface area contributed by atoms with Crippen molar-refractivity contribution in [2.75, 3.05) is 0 Å². The fourth-order valence-corrected chi connectivity index (χ4v) is 2.77. The summed E-state index contributed by atoms with van der Waals surface area (Å²) in [6, 6.07) is 21.2. The number of carbonyl (C=O) groups excluding carboxylic acids is 1. The van der Waals surface area contributed by atoms with E-state index in [0.29, 0.717) is 24.4 Å². The van der Waals surface area contributed by atoms with E-state index in [2.05, 4.69) is 15.5 Å². The number of hydrogen-bond donors (Lipinski definition) is 1. The predicted octanol–water partition coefficient (Wildman–Crippen LogP) is 3.24. The second-order valence-corrected chi connectivity index (χ2v) is 6.08. The van der Waals surface area contributed by atoms with Crippen LogP contribution >= 0.6 is 0 Å². The van der Waals surface area contributed by atoms with Crippen LogP contribution in [0.4, 0.5) is 0 Å². The second kappa shape index (κ2) is 7.70. The molecule has 2 aromatic heterocycles. The molecule has 134 valence electrons. The second-order valence-electron chi connectivity index (χ2n) is 6.08. The first-order valence-electron chi connectivity index (χ1n) is 8.62. The zero-order valence-electron chi connectivity index (χ0n) is 14.6. The number of nitrogens with one attached hydrogen (secondary N) is 1. The highest BCUT2D eigenvalue weighted by Gasteiger charge is 2.09. The van der Waals surface area contributed by atoms with Gasteiger partial charge in [-0.15, -0.1) is 10.2 Å². The lowest BCUT2D eigenvalue weighted by Gasteiger charge is -2.12. The molecule has 1 amide bonds. The first kappa shape index (κ1) is 16.8. The van der Waals surface area contributed by atoms with Crippen LogP contribution in [0.3, 0.4) is 0 Å². The number of carbonyl (C=O) groups is 1. The van der Waals surface area contributed by atoms with Gasteiger partial charge in [0.2, 0.25) is 0 Å². The van der Waals surface area contributed by atoms with Gasteiger partial charge >= 0.3 is 0 Å². The summed E-state index contributed by atoms with van der Waals surface area (Å²) in [6.45, 7) is 0.861. The van der Waals surface area contributed by atoms with Crippen molar-refractivity contribution in [3.63, 3.8) is 0 Å². The van der Waals surface area contributed by atoms with Crippen molar-refractivity contribution in [3.8, 4) is 5.75 Å². The van der Waals surface area contributed by atoms with E-state index in [4.69, 9.17) is 4.74 Å². The molecule has 0 bridgehead atoms. The minimum Gasteiger partial charge on any atom is -0.489 e. The van der Waals surface area contributed by atoms with Gasteiger partial charge in [-0.25, -0.2) is 0 Å². The lowest BCUT2D eigenvalue weighted by molar-refractivity contribution is 0.0950. The molecule has 4 aromatic rings. The van der Waals surface area contributed by atoms with Crippen LogP contribution in [-0.4, -0.2) is 20.5 Å². The minimum atomic E-state index is -0.163. The van der Waals surface area contributed by atoms with E-state index in [-0.39, 0.29) is 5.91 Å². The average molecular weight is 358 g/mol. The van der Waals surface area contributed by atoms with Gasteiger partial charge in [0, 0.05) is 18.3 Å². The molecule has 1 N–H and O–H groups in total. The monoisotopic (exact) mass is 358 g/mol. The summed E-state index contributed by atoms with van der Waals surface area (Å²) in [5, 5.41) is 10.7. The van der Waals surface area contributed by atoms with E-state index in [1.807, 2.05) is 54.6 Å². The quantitative estimate of drug-likeness (QED) is 0.574. The van der Waals surface area contributed by atoms with Crippen LogP contribution in [0.25, 0.3) is 5.65 Å². The standard InChI is InChI=1S/C21H18N4O2/c26-21(18-10-11-20-24-23-15-25(20)13-18)22-12-17-8-4-5-9-19(17)27-14-16-6-2-1-3-7-16/h1-11,13,15H,12,14H2,(H,22,26). The highest BCUT2D eigenvalue weighted by molar-refractivity contribution is 5.94. The summed E-state index contributed by atoms with van der Waals surface area (Å²) in [4.78, 5) is 12.5. The van der Waals surface area contributed by atoms with Crippen molar-refractivity contribution in [1.29, 1.82) is 0 Å². The Labute approximate surface area is 156 Å². The lowest BCUT2D eigenvalue weighted by Crippen LogP contribution is -2.23. The summed E-state index contributed by atoms with van der Waals surface area (Å²) in [7, 11) is 0. The largest absolute Gasteiger partial charge is 0.489 e. The summed E-state index contributed by atoms with van der Waals surface area (Å²) < 4.78 is 7.65. The third kappa shape index (κ3) is 3.95. The number of nitrogens with zero attached hydrogens (tertiary/aromatic N) is 3. The van der Waals surface area contributed by atoms with E-state index in [0.717, 1.165) is 16.9 Å². The van der Waals surface area contributed by atoms with Gasteiger partial charge in [0.25, 0.3) is 5.91 Å². The van der Waals surface area contributed by atoms with Crippen LogP contribution < -0.4 is 10.1 Å². The summed E-state index contributed by atoms with van der Waals surface area (Å²) >= 11 is 0. The van der Waals surface area contributed by atoms with Crippen molar-refractivity contribution in [2.45, 2.75) is 13.2 Å². The minimum absolute atomic E-state index is 0.163. The van der Waals surface area contributed by atoms with Gasteiger partial charge in [0.05, 0.1) is 5.56 Å². The number of para-hydroxylation sites is 1. The molecule has 4 rings (SSSR count). The molecule has 2 heterocycles. The maximum absolute atomic E-state index is 12.5. The van der Waals surface area contributed by atoms with Crippen molar-refractivity contribution in [1.82, 2.24) is 19.9 Å². The Morgan fingerprint density at radius 3 is 2.70 bits per heavy atom. The maximum atomic E-state index is 12.5. The fraction of sp³-hybridized carbons (Fsp3) is 0.0952. The lowest BCUT2D eigenvalue weighted by atomic mass is 10.2. The predicted molar refractivity (Wildman–Crippen MR) is 101 cm³/mol. The molecule has 6 heteroatoms. The van der Waals surface area contributed by atoms with Crippen LogP contribution in [0.2, 0.25) is 0 Å². The van der Waals surface area contributed by atoms with E-state index in [1.165, 1.54) is 0 Å². The molecule has 0 radical (unpaired) electrons. The normalized spacial score (nSPS) is 10.7. The Morgan fingerprint density at radius 1 is 1.00 bits per heavy atom. The fourth-order valence-electron chi connectivity index (χ4n) is 2.77. The van der Waals surface area contributed by atoms with E-state index < -0.39 is 0 Å². The van der Waals surface area contributed by atoms with Gasteiger partial charge in [-0.3, -0.25) is 9.20 Å². The number of amides is 1. The molecule has 0 aliphatic heterocycles. The van der Waals surface area contributed by atoms with Crippen LogP contribution in [0.5, 0.6) is 5.75 Å². The molecular weight excluding hydrogens is 340 g/mol. The molecule has 2 aromatic carbocycles. The average Bonchev–Trinajstić information content (AvgIpc) is 3.19. The molecule has 27 heavy (non-hydrogen) atoms. The summed E-state index contributed by atoms with van der Waals surface area (Å²) in [5.74, 6) is 0.597. The smallest absolute Gasteiger partial charge is 0.253 e. The van der Waals surface area contributed by atoms with Gasteiger partial charge in [-0.2, -0.15) is 0 Å². The molecule has 0 spiro atoms. The third-order valence-electron chi connectivity index (χ3n) is 4.20. The molecule has 0 aliphatic carbocycles. The molecular formula is C21H18N4O2. The molecule has 0 aliphatic rings. The molecule has 0 saturated heterocycles. The summed E-state index contributed by atoms with van der Waals surface area (Å²) in [6.07, 6.45) is 3.28. The molecule has 0 atom stereocenters. The van der Waals surface area contributed by atoms with E-state index in [9.17, 15) is 4.79 Å². The zero-order chi connectivity index (χ0) is 18.5. The number of fused-ring (bicyclic) bond motifs is 1.